The van der Waals surface area contributed by atoms with E-state index in [2.05, 4.69) is 0 Å². The predicted molar refractivity (Wildman–Crippen MR) is 175 cm³/mol. The quantitative estimate of drug-likeness (QED) is 0.175. The Hall–Kier alpha value is -4.43. The fourth-order valence-electron chi connectivity index (χ4n) is 5.06. The van der Waals surface area contributed by atoms with Gasteiger partial charge in [0.25, 0.3) is 5.56 Å². The van der Waals surface area contributed by atoms with Crippen LogP contribution < -0.4 is 19.6 Å². The molecule has 0 fully saturated rings. The van der Waals surface area contributed by atoms with Crippen LogP contribution in [0.3, 0.4) is 0 Å². The maximum absolute atomic E-state index is 14.2. The van der Waals surface area contributed by atoms with Crippen molar-refractivity contribution in [1.82, 2.24) is 4.57 Å². The molecular formula is C35H26Cl2N2O4S. The van der Waals surface area contributed by atoms with E-state index in [0.29, 0.717) is 43.0 Å². The number of carbonyl (C=O) groups is 1. The summed E-state index contributed by atoms with van der Waals surface area (Å²) < 4.78 is 13.7. The molecule has 0 saturated carbocycles. The highest BCUT2D eigenvalue weighted by Crippen LogP contribution is 2.35. The second-order valence-electron chi connectivity index (χ2n) is 9.94. The second-order valence-corrected chi connectivity index (χ2v) is 11.8. The molecule has 0 spiro atoms. The summed E-state index contributed by atoms with van der Waals surface area (Å²) in [5.74, 6) is 0.0776. The monoisotopic (exact) mass is 640 g/mol. The third-order valence-electron chi connectivity index (χ3n) is 7.05. The average Bonchev–Trinajstić information content (AvgIpc) is 3.35. The fourth-order valence-corrected chi connectivity index (χ4v) is 6.39. The van der Waals surface area contributed by atoms with Gasteiger partial charge < -0.3 is 9.47 Å². The van der Waals surface area contributed by atoms with E-state index in [9.17, 15) is 9.59 Å². The number of fused-ring (bicyclic) bond motifs is 1. The van der Waals surface area contributed by atoms with Crippen molar-refractivity contribution in [2.24, 2.45) is 4.99 Å². The fraction of sp³-hybridized carbons (Fsp3) is 0.114. The number of thiazole rings is 1. The predicted octanol–water partition coefficient (Wildman–Crippen LogP) is 6.82. The zero-order chi connectivity index (χ0) is 30.6. The molecule has 0 amide bonds. The maximum atomic E-state index is 14.2. The van der Waals surface area contributed by atoms with Crippen molar-refractivity contribution in [3.05, 3.63) is 161 Å². The molecule has 0 unspecified atom stereocenters. The van der Waals surface area contributed by atoms with Crippen LogP contribution in [0.25, 0.3) is 11.8 Å². The first-order valence-corrected chi connectivity index (χ1v) is 15.5. The van der Waals surface area contributed by atoms with Gasteiger partial charge in [0.15, 0.2) is 4.80 Å². The van der Waals surface area contributed by atoms with E-state index in [-0.39, 0.29) is 17.7 Å². The Kier molecular flexibility index (Phi) is 8.79. The number of halogens is 2. The van der Waals surface area contributed by atoms with Gasteiger partial charge in [-0.3, -0.25) is 9.36 Å². The lowest BCUT2D eigenvalue weighted by Gasteiger charge is -2.25. The van der Waals surface area contributed by atoms with Crippen molar-refractivity contribution in [1.29, 1.82) is 0 Å². The maximum Gasteiger partial charge on any atom is 0.338 e. The van der Waals surface area contributed by atoms with Gasteiger partial charge in [-0.25, -0.2) is 9.79 Å². The van der Waals surface area contributed by atoms with Crippen LogP contribution in [0, 0.1) is 0 Å². The molecule has 6 nitrogen and oxygen atoms in total. The Balaban J connectivity index is 1.52. The number of benzene rings is 4. The first-order valence-electron chi connectivity index (χ1n) is 13.9. The number of nitrogens with zero attached hydrogens (tertiary/aromatic N) is 2. The van der Waals surface area contributed by atoms with Gasteiger partial charge in [-0.05, 0) is 54.5 Å². The minimum Gasteiger partial charge on any atom is -0.488 e. The molecule has 5 aromatic rings. The summed E-state index contributed by atoms with van der Waals surface area (Å²) >= 11 is 13.6. The summed E-state index contributed by atoms with van der Waals surface area (Å²) in [6.07, 6.45) is 1.80. The van der Waals surface area contributed by atoms with Gasteiger partial charge in [0, 0.05) is 21.2 Å². The lowest BCUT2D eigenvalue weighted by Crippen LogP contribution is -2.40. The van der Waals surface area contributed by atoms with Gasteiger partial charge >= 0.3 is 5.97 Å². The molecule has 44 heavy (non-hydrogen) atoms. The zero-order valence-corrected chi connectivity index (χ0v) is 25.9. The minimum absolute atomic E-state index is 0.175. The molecule has 6 rings (SSSR count). The van der Waals surface area contributed by atoms with Crippen LogP contribution in [-0.4, -0.2) is 17.1 Å². The molecule has 4 aromatic carbocycles. The molecule has 220 valence electrons. The summed E-state index contributed by atoms with van der Waals surface area (Å²) in [6.45, 7) is 2.24. The number of ether oxygens (including phenoxy) is 2. The number of hydrogen-bond donors (Lipinski definition) is 0. The standard InChI is InChI=1S/C35H26Cl2N2O4S/c1-2-42-34(41)30-31(23-10-4-3-5-11-23)38-35-39(32(30)24-15-17-26(36)18-16-24)33(40)29(44-35)20-25-12-6-7-14-28(25)43-21-22-9-8-13-27(37)19-22/h3-20,32H,2,21H2,1H3/b29-20-/t32-/m0/s1. The summed E-state index contributed by atoms with van der Waals surface area (Å²) in [7, 11) is 0. The third kappa shape index (κ3) is 6.13. The Morgan fingerprint density at radius 2 is 1.68 bits per heavy atom. The topological polar surface area (TPSA) is 69.9 Å². The van der Waals surface area contributed by atoms with Crippen molar-refractivity contribution in [2.45, 2.75) is 19.6 Å². The Bertz CT molecular complexity index is 2050. The lowest BCUT2D eigenvalue weighted by atomic mass is 9.93. The first-order chi connectivity index (χ1) is 21.4. The number of aromatic nitrogens is 1. The highest BCUT2D eigenvalue weighted by molar-refractivity contribution is 7.07. The van der Waals surface area contributed by atoms with Crippen molar-refractivity contribution < 1.29 is 14.3 Å². The average molecular weight is 642 g/mol. The normalized spacial score (nSPS) is 14.6. The number of hydrogen-bond acceptors (Lipinski definition) is 6. The van der Waals surface area contributed by atoms with Gasteiger partial charge in [0.1, 0.15) is 12.4 Å². The summed E-state index contributed by atoms with van der Waals surface area (Å²) in [5.41, 5.74) is 3.56. The Morgan fingerprint density at radius 3 is 2.43 bits per heavy atom. The van der Waals surface area contributed by atoms with E-state index in [4.69, 9.17) is 37.7 Å². The highest BCUT2D eigenvalue weighted by atomic mass is 35.5. The lowest BCUT2D eigenvalue weighted by molar-refractivity contribution is -0.138. The van der Waals surface area contributed by atoms with Crippen LogP contribution in [0.4, 0.5) is 0 Å². The molecule has 2 heterocycles. The molecule has 0 radical (unpaired) electrons. The number of esters is 1. The molecule has 1 aromatic heterocycles. The smallest absolute Gasteiger partial charge is 0.338 e. The summed E-state index contributed by atoms with van der Waals surface area (Å²) in [4.78, 5) is 33.1. The summed E-state index contributed by atoms with van der Waals surface area (Å²) in [5, 5.41) is 1.17. The van der Waals surface area contributed by atoms with Gasteiger partial charge in [0.2, 0.25) is 0 Å². The van der Waals surface area contributed by atoms with Crippen LogP contribution in [0.15, 0.2) is 118 Å². The van der Waals surface area contributed by atoms with Crippen LogP contribution in [-0.2, 0) is 16.1 Å². The first kappa shape index (κ1) is 29.6. The molecule has 0 N–H and O–H groups in total. The van der Waals surface area contributed by atoms with E-state index in [1.54, 1.807) is 29.7 Å². The minimum atomic E-state index is -0.783. The molecule has 1 aliphatic rings. The van der Waals surface area contributed by atoms with Crippen LogP contribution in [0.2, 0.25) is 10.0 Å². The molecule has 9 heteroatoms. The molecular weight excluding hydrogens is 615 g/mol. The zero-order valence-electron chi connectivity index (χ0n) is 23.6. The van der Waals surface area contributed by atoms with Gasteiger partial charge in [-0.2, -0.15) is 0 Å². The van der Waals surface area contributed by atoms with E-state index in [1.807, 2.05) is 91.0 Å². The van der Waals surface area contributed by atoms with Crippen LogP contribution in [0.1, 0.15) is 35.2 Å². The molecule has 0 saturated heterocycles. The third-order valence-corrected chi connectivity index (χ3v) is 8.52. The Morgan fingerprint density at radius 1 is 0.932 bits per heavy atom. The van der Waals surface area contributed by atoms with E-state index in [1.165, 1.54) is 11.3 Å². The molecule has 0 bridgehead atoms. The molecule has 1 aliphatic heterocycles. The largest absolute Gasteiger partial charge is 0.488 e. The second kappa shape index (κ2) is 13.1. The van der Waals surface area contributed by atoms with Crippen molar-refractivity contribution in [2.75, 3.05) is 6.61 Å². The SMILES string of the molecule is CCOC(=O)C1=C(c2ccccc2)N=c2s/c(=C\c3ccccc3OCc3cccc(Cl)c3)c(=O)n2[C@H]1c1ccc(Cl)cc1. The number of carbonyl (C=O) groups excluding carboxylic acids is 1. The molecule has 1 atom stereocenters. The van der Waals surface area contributed by atoms with Crippen molar-refractivity contribution >= 4 is 52.3 Å². The van der Waals surface area contributed by atoms with E-state index >= 15 is 0 Å². The number of para-hydroxylation sites is 1. The number of rotatable bonds is 8. The van der Waals surface area contributed by atoms with E-state index in [0.717, 1.165) is 16.7 Å². The van der Waals surface area contributed by atoms with Gasteiger partial charge in [-0.1, -0.05) is 107 Å². The van der Waals surface area contributed by atoms with Gasteiger partial charge in [-0.15, -0.1) is 0 Å². The van der Waals surface area contributed by atoms with Crippen molar-refractivity contribution in [3.63, 3.8) is 0 Å². The van der Waals surface area contributed by atoms with Crippen molar-refractivity contribution in [3.8, 4) is 5.75 Å². The highest BCUT2D eigenvalue weighted by Gasteiger charge is 2.35. The van der Waals surface area contributed by atoms with Gasteiger partial charge in [0.05, 0.1) is 28.5 Å². The Labute approximate surface area is 267 Å². The van der Waals surface area contributed by atoms with Crippen LogP contribution in [0.5, 0.6) is 5.75 Å². The van der Waals surface area contributed by atoms with Crippen LogP contribution >= 0.6 is 34.5 Å². The van der Waals surface area contributed by atoms with E-state index < -0.39 is 12.0 Å². The summed E-state index contributed by atoms with van der Waals surface area (Å²) in [6, 6.07) is 30.8. The molecule has 0 aliphatic carbocycles.